The first kappa shape index (κ1) is 14.3. The number of hydrogen-bond donors (Lipinski definition) is 0. The highest BCUT2D eigenvalue weighted by Gasteiger charge is 2.22. The molecular formula is C15H20N4OS. The number of rotatable bonds is 4. The Morgan fingerprint density at radius 2 is 2.10 bits per heavy atom. The van der Waals surface area contributed by atoms with Gasteiger partial charge in [0.15, 0.2) is 0 Å². The number of aryl methyl sites for hydroxylation is 1. The number of carbonyl (C=O) groups excluding carboxylic acids is 1. The number of piperazine rings is 1. The Hall–Kier alpha value is -1.66. The summed E-state index contributed by atoms with van der Waals surface area (Å²) in [5.41, 5.74) is 0.822. The lowest BCUT2D eigenvalue weighted by atomic mass is 10.2. The second kappa shape index (κ2) is 6.41. The van der Waals surface area contributed by atoms with Crippen molar-refractivity contribution in [3.63, 3.8) is 0 Å². The minimum Gasteiger partial charge on any atom is -0.336 e. The zero-order valence-corrected chi connectivity index (χ0v) is 13.1. The molecule has 1 aliphatic rings. The lowest BCUT2D eigenvalue weighted by Crippen LogP contribution is -2.49. The molecule has 0 radical (unpaired) electrons. The van der Waals surface area contributed by atoms with Gasteiger partial charge in [-0.2, -0.15) is 11.3 Å². The van der Waals surface area contributed by atoms with Gasteiger partial charge in [0, 0.05) is 57.0 Å². The molecule has 0 aliphatic carbocycles. The number of nitrogens with zero attached hydrogens (tertiary/aromatic N) is 4. The summed E-state index contributed by atoms with van der Waals surface area (Å²) in [5.74, 6) is 1.22. The topological polar surface area (TPSA) is 41.4 Å². The maximum atomic E-state index is 12.3. The largest absolute Gasteiger partial charge is 0.336 e. The van der Waals surface area contributed by atoms with Crippen molar-refractivity contribution in [3.8, 4) is 0 Å². The molecule has 3 rings (SSSR count). The highest BCUT2D eigenvalue weighted by Crippen LogP contribution is 2.12. The molecule has 6 heteroatoms. The van der Waals surface area contributed by atoms with Gasteiger partial charge >= 0.3 is 0 Å². The molecule has 21 heavy (non-hydrogen) atoms. The average molecular weight is 304 g/mol. The first-order chi connectivity index (χ1) is 10.2. The minimum atomic E-state index is 0.168. The van der Waals surface area contributed by atoms with Crippen molar-refractivity contribution >= 4 is 17.2 Å². The zero-order valence-electron chi connectivity index (χ0n) is 12.2. The predicted molar refractivity (Wildman–Crippen MR) is 83.6 cm³/mol. The summed E-state index contributed by atoms with van der Waals surface area (Å²) in [6.45, 7) is 7.53. The summed E-state index contributed by atoms with van der Waals surface area (Å²) in [6.07, 6.45) is 3.86. The van der Waals surface area contributed by atoms with Gasteiger partial charge in [-0.05, 0) is 18.4 Å². The van der Waals surface area contributed by atoms with E-state index in [-0.39, 0.29) is 5.91 Å². The van der Waals surface area contributed by atoms with Crippen LogP contribution in [0.15, 0.2) is 29.2 Å². The molecule has 112 valence electrons. The molecule has 0 atom stereocenters. The summed E-state index contributed by atoms with van der Waals surface area (Å²) in [5, 5.41) is 3.88. The number of carbonyl (C=O) groups is 1. The van der Waals surface area contributed by atoms with Gasteiger partial charge in [0.2, 0.25) is 0 Å². The summed E-state index contributed by atoms with van der Waals surface area (Å²) < 4.78 is 2.17. The second-order valence-electron chi connectivity index (χ2n) is 5.31. The maximum absolute atomic E-state index is 12.3. The van der Waals surface area contributed by atoms with Crippen LogP contribution in [0, 0.1) is 6.92 Å². The van der Waals surface area contributed by atoms with E-state index in [1.54, 1.807) is 11.3 Å². The van der Waals surface area contributed by atoms with Gasteiger partial charge in [0.05, 0.1) is 5.56 Å². The van der Waals surface area contributed by atoms with E-state index in [1.807, 2.05) is 41.0 Å². The lowest BCUT2D eigenvalue weighted by Gasteiger charge is -2.34. The number of amides is 1. The van der Waals surface area contributed by atoms with Crippen molar-refractivity contribution in [2.75, 3.05) is 32.7 Å². The monoisotopic (exact) mass is 304 g/mol. The van der Waals surface area contributed by atoms with Crippen LogP contribution in [0.5, 0.6) is 0 Å². The number of imidazole rings is 1. The summed E-state index contributed by atoms with van der Waals surface area (Å²) in [7, 11) is 0. The molecule has 0 spiro atoms. The predicted octanol–water partition coefficient (Wildman–Crippen LogP) is 1.71. The SMILES string of the molecule is Cc1nccn1CCN1CCN(C(=O)c2ccsc2)CC1. The normalized spacial score (nSPS) is 16.3. The molecule has 3 heterocycles. The molecule has 5 nitrogen and oxygen atoms in total. The van der Waals surface area contributed by atoms with Gasteiger partial charge in [0.25, 0.3) is 5.91 Å². The van der Waals surface area contributed by atoms with Crippen molar-refractivity contribution < 1.29 is 4.79 Å². The van der Waals surface area contributed by atoms with E-state index in [4.69, 9.17) is 0 Å². The zero-order chi connectivity index (χ0) is 14.7. The first-order valence-electron chi connectivity index (χ1n) is 7.25. The number of hydrogen-bond acceptors (Lipinski definition) is 4. The van der Waals surface area contributed by atoms with Crippen molar-refractivity contribution in [1.82, 2.24) is 19.4 Å². The molecule has 1 aliphatic heterocycles. The highest BCUT2D eigenvalue weighted by atomic mass is 32.1. The molecule has 0 aromatic carbocycles. The summed E-state index contributed by atoms with van der Waals surface area (Å²) in [4.78, 5) is 20.9. The molecule has 0 N–H and O–H groups in total. The van der Waals surface area contributed by atoms with Gasteiger partial charge in [-0.3, -0.25) is 9.69 Å². The standard InChI is InChI=1S/C15H20N4OS/c1-13-16-3-4-18(13)8-5-17-6-9-19(10-7-17)15(20)14-2-11-21-12-14/h2-4,11-12H,5-10H2,1H3. The van der Waals surface area contributed by atoms with Crippen LogP contribution in [0.25, 0.3) is 0 Å². The molecule has 1 amide bonds. The van der Waals surface area contributed by atoms with E-state index >= 15 is 0 Å². The maximum Gasteiger partial charge on any atom is 0.254 e. The highest BCUT2D eigenvalue weighted by molar-refractivity contribution is 7.08. The first-order valence-corrected chi connectivity index (χ1v) is 8.20. The third-order valence-electron chi connectivity index (χ3n) is 4.01. The summed E-state index contributed by atoms with van der Waals surface area (Å²) >= 11 is 1.57. The van der Waals surface area contributed by atoms with E-state index in [0.717, 1.165) is 50.7 Å². The van der Waals surface area contributed by atoms with E-state index in [1.165, 1.54) is 0 Å². The fourth-order valence-corrected chi connectivity index (χ4v) is 3.26. The van der Waals surface area contributed by atoms with Crippen LogP contribution in [-0.2, 0) is 6.54 Å². The molecular weight excluding hydrogens is 284 g/mol. The number of aromatic nitrogens is 2. The third-order valence-corrected chi connectivity index (χ3v) is 4.69. The average Bonchev–Trinajstić information content (AvgIpc) is 3.17. The van der Waals surface area contributed by atoms with Crippen LogP contribution in [-0.4, -0.2) is 58.0 Å². The molecule has 1 saturated heterocycles. The molecule has 2 aromatic rings. The molecule has 0 unspecified atom stereocenters. The van der Waals surface area contributed by atoms with Crippen molar-refractivity contribution in [3.05, 3.63) is 40.6 Å². The van der Waals surface area contributed by atoms with Gasteiger partial charge in [-0.1, -0.05) is 0 Å². The van der Waals surface area contributed by atoms with Crippen LogP contribution in [0.1, 0.15) is 16.2 Å². The van der Waals surface area contributed by atoms with Crippen LogP contribution >= 0.6 is 11.3 Å². The molecule has 2 aromatic heterocycles. The van der Waals surface area contributed by atoms with Crippen LogP contribution in [0.2, 0.25) is 0 Å². The fraction of sp³-hybridized carbons (Fsp3) is 0.467. The van der Waals surface area contributed by atoms with Gasteiger partial charge < -0.3 is 9.47 Å². The smallest absolute Gasteiger partial charge is 0.254 e. The minimum absolute atomic E-state index is 0.168. The van der Waals surface area contributed by atoms with Crippen molar-refractivity contribution in [2.24, 2.45) is 0 Å². The quantitative estimate of drug-likeness (QED) is 0.863. The Kier molecular flexibility index (Phi) is 4.36. The Bertz CT molecular complexity index is 585. The van der Waals surface area contributed by atoms with Crippen molar-refractivity contribution in [2.45, 2.75) is 13.5 Å². The fourth-order valence-electron chi connectivity index (χ4n) is 2.63. The van der Waals surface area contributed by atoms with E-state index in [2.05, 4.69) is 14.5 Å². The van der Waals surface area contributed by atoms with E-state index in [9.17, 15) is 4.79 Å². The van der Waals surface area contributed by atoms with Crippen molar-refractivity contribution in [1.29, 1.82) is 0 Å². The molecule has 0 saturated carbocycles. The Labute approximate surface area is 128 Å². The second-order valence-corrected chi connectivity index (χ2v) is 6.09. The summed E-state index contributed by atoms with van der Waals surface area (Å²) in [6, 6.07) is 1.90. The Morgan fingerprint density at radius 3 is 2.71 bits per heavy atom. The third kappa shape index (κ3) is 3.33. The Balaban J connectivity index is 1.47. The van der Waals surface area contributed by atoms with E-state index < -0.39 is 0 Å². The van der Waals surface area contributed by atoms with E-state index in [0.29, 0.717) is 0 Å². The van der Waals surface area contributed by atoms with Crippen LogP contribution < -0.4 is 0 Å². The molecule has 1 fully saturated rings. The number of thiophene rings is 1. The van der Waals surface area contributed by atoms with Gasteiger partial charge in [-0.15, -0.1) is 0 Å². The lowest BCUT2D eigenvalue weighted by molar-refractivity contribution is 0.0633. The Morgan fingerprint density at radius 1 is 1.29 bits per heavy atom. The van der Waals surface area contributed by atoms with Gasteiger partial charge in [0.1, 0.15) is 5.82 Å². The van der Waals surface area contributed by atoms with Gasteiger partial charge in [-0.25, -0.2) is 4.98 Å². The van der Waals surface area contributed by atoms with Crippen LogP contribution in [0.4, 0.5) is 0 Å². The molecule has 0 bridgehead atoms. The van der Waals surface area contributed by atoms with Crippen LogP contribution in [0.3, 0.4) is 0 Å².